The minimum absolute atomic E-state index is 0.902. The second kappa shape index (κ2) is 8.08. The van der Waals surface area contributed by atoms with Crippen molar-refractivity contribution >= 4 is 61.5 Å². The summed E-state index contributed by atoms with van der Waals surface area (Å²) < 4.78 is 7.22. The van der Waals surface area contributed by atoms with Gasteiger partial charge in [0.1, 0.15) is 11.2 Å². The Balaban J connectivity index is 1.74. The maximum absolute atomic E-state index is 6.18. The van der Waals surface area contributed by atoms with Crippen molar-refractivity contribution in [3.05, 3.63) is 136 Å². The molecule has 4 aromatic carbocycles. The molecule has 3 heteroatoms. The molecule has 5 aromatic rings. The van der Waals surface area contributed by atoms with Gasteiger partial charge in [-0.15, -0.1) is 0 Å². The molecular weight excluding hydrogens is 484 g/mol. The van der Waals surface area contributed by atoms with Crippen LogP contribution in [0.4, 0.5) is 0 Å². The molecule has 0 unspecified atom stereocenters. The van der Waals surface area contributed by atoms with Gasteiger partial charge < -0.3 is 4.42 Å². The van der Waals surface area contributed by atoms with E-state index in [1.807, 2.05) is 18.2 Å². The highest BCUT2D eigenvalue weighted by Crippen LogP contribution is 2.31. The van der Waals surface area contributed by atoms with Crippen molar-refractivity contribution in [1.29, 1.82) is 0 Å². The van der Waals surface area contributed by atoms with Crippen LogP contribution >= 0.6 is 15.9 Å². The fraction of sp³-hybridized carbons (Fsp3) is 0. The van der Waals surface area contributed by atoms with E-state index in [-0.39, 0.29) is 0 Å². The summed E-state index contributed by atoms with van der Waals surface area (Å²) in [6.45, 7) is 0. The van der Waals surface area contributed by atoms with Gasteiger partial charge in [0.2, 0.25) is 0 Å². The fourth-order valence-corrected chi connectivity index (χ4v) is 10.0. The van der Waals surface area contributed by atoms with E-state index in [0.29, 0.717) is 0 Å². The number of furan rings is 1. The van der Waals surface area contributed by atoms with E-state index in [2.05, 4.69) is 124 Å². The first-order valence-electron chi connectivity index (χ1n) is 10.9. The number of allylic oxidation sites excluding steroid dienone is 4. The molecule has 0 fully saturated rings. The zero-order valence-electron chi connectivity index (χ0n) is 17.8. The van der Waals surface area contributed by atoms with Gasteiger partial charge >= 0.3 is 0 Å². The Morgan fingerprint density at radius 1 is 0.636 bits per heavy atom. The van der Waals surface area contributed by atoms with Crippen LogP contribution in [0.5, 0.6) is 0 Å². The van der Waals surface area contributed by atoms with Crippen LogP contribution in [-0.4, -0.2) is 8.07 Å². The largest absolute Gasteiger partial charge is 0.456 e. The minimum atomic E-state index is -2.60. The van der Waals surface area contributed by atoms with Crippen molar-refractivity contribution in [2.24, 2.45) is 0 Å². The molecule has 156 valence electrons. The third kappa shape index (κ3) is 3.22. The average molecular weight is 503 g/mol. The number of hydrogen-bond donors (Lipinski definition) is 0. The highest BCUT2D eigenvalue weighted by molar-refractivity contribution is 9.10. The van der Waals surface area contributed by atoms with Crippen LogP contribution in [0, 0.1) is 0 Å². The Kier molecular flexibility index (Phi) is 4.91. The maximum Gasteiger partial charge on any atom is 0.180 e. The molecule has 1 aliphatic rings. The first-order chi connectivity index (χ1) is 16.3. The van der Waals surface area contributed by atoms with E-state index >= 15 is 0 Å². The van der Waals surface area contributed by atoms with Gasteiger partial charge in [0.05, 0.1) is 0 Å². The minimum Gasteiger partial charge on any atom is -0.456 e. The molecule has 0 amide bonds. The first kappa shape index (κ1) is 20.1. The van der Waals surface area contributed by atoms with Crippen LogP contribution in [0.15, 0.2) is 141 Å². The molecule has 0 saturated heterocycles. The molecule has 1 heterocycles. The van der Waals surface area contributed by atoms with E-state index in [4.69, 9.17) is 4.42 Å². The van der Waals surface area contributed by atoms with Gasteiger partial charge in [0, 0.05) is 15.2 Å². The van der Waals surface area contributed by atoms with E-state index < -0.39 is 8.07 Å². The first-order valence-corrected chi connectivity index (χ1v) is 13.7. The number of fused-ring (bicyclic) bond motifs is 3. The zero-order chi connectivity index (χ0) is 22.3. The predicted molar refractivity (Wildman–Crippen MR) is 143 cm³/mol. The van der Waals surface area contributed by atoms with E-state index in [9.17, 15) is 0 Å². The monoisotopic (exact) mass is 502 g/mol. The highest BCUT2D eigenvalue weighted by Gasteiger charge is 2.42. The lowest BCUT2D eigenvalue weighted by atomic mass is 10.1. The van der Waals surface area contributed by atoms with E-state index in [1.165, 1.54) is 20.8 Å². The van der Waals surface area contributed by atoms with Gasteiger partial charge in [-0.3, -0.25) is 0 Å². The third-order valence-electron chi connectivity index (χ3n) is 6.37. The smallest absolute Gasteiger partial charge is 0.180 e. The quantitative estimate of drug-likeness (QED) is 0.163. The predicted octanol–water partition coefficient (Wildman–Crippen LogP) is 6.16. The molecule has 0 saturated carbocycles. The molecule has 1 nitrogen and oxygen atoms in total. The van der Waals surface area contributed by atoms with Crippen molar-refractivity contribution in [3.8, 4) is 0 Å². The lowest BCUT2D eigenvalue weighted by molar-refractivity contribution is 0.669. The Morgan fingerprint density at radius 3 is 1.91 bits per heavy atom. The second-order valence-corrected chi connectivity index (χ2v) is 12.9. The number of rotatable bonds is 4. The van der Waals surface area contributed by atoms with Crippen molar-refractivity contribution in [2.45, 2.75) is 0 Å². The van der Waals surface area contributed by atoms with Crippen LogP contribution in [-0.2, 0) is 0 Å². The Hall–Kier alpha value is -3.58. The maximum atomic E-state index is 6.18. The van der Waals surface area contributed by atoms with Gasteiger partial charge in [0.25, 0.3) is 0 Å². The van der Waals surface area contributed by atoms with Crippen molar-refractivity contribution in [1.82, 2.24) is 0 Å². The molecule has 0 N–H and O–H groups in total. The molecule has 1 aromatic heterocycles. The van der Waals surface area contributed by atoms with Crippen LogP contribution in [0.2, 0.25) is 0 Å². The van der Waals surface area contributed by atoms with Crippen LogP contribution in [0.1, 0.15) is 0 Å². The molecule has 33 heavy (non-hydrogen) atoms. The highest BCUT2D eigenvalue weighted by atomic mass is 79.9. The van der Waals surface area contributed by atoms with Crippen LogP contribution in [0.25, 0.3) is 21.9 Å². The lowest BCUT2D eigenvalue weighted by Crippen LogP contribution is -2.68. The summed E-state index contributed by atoms with van der Waals surface area (Å²) in [7, 11) is -2.60. The summed E-state index contributed by atoms with van der Waals surface area (Å²) >= 11 is 3.63. The van der Waals surface area contributed by atoms with Crippen LogP contribution in [0.3, 0.4) is 0 Å². The summed E-state index contributed by atoms with van der Waals surface area (Å²) in [4.78, 5) is 0. The molecule has 0 spiro atoms. The molecule has 0 bridgehead atoms. The van der Waals surface area contributed by atoms with Gasteiger partial charge in [-0.2, -0.15) is 0 Å². The SMILES string of the molecule is Brc1ccc2oc3ccc([Si](C4=CC=C=C=C4)(c4ccccc4)c4ccccc4)cc3c2c1. The lowest BCUT2D eigenvalue weighted by Gasteiger charge is -2.35. The summed E-state index contributed by atoms with van der Waals surface area (Å²) in [6.07, 6.45) is 6.29. The van der Waals surface area contributed by atoms with Gasteiger partial charge in [-0.25, -0.2) is 0 Å². The van der Waals surface area contributed by atoms with E-state index in [1.54, 1.807) is 0 Å². The Morgan fingerprint density at radius 2 is 1.27 bits per heavy atom. The van der Waals surface area contributed by atoms with Crippen molar-refractivity contribution < 1.29 is 4.42 Å². The number of hydrogen-bond acceptors (Lipinski definition) is 1. The topological polar surface area (TPSA) is 13.1 Å². The van der Waals surface area contributed by atoms with Gasteiger partial charge in [0.15, 0.2) is 8.07 Å². The van der Waals surface area contributed by atoms with Gasteiger partial charge in [-0.05, 0) is 57.2 Å². The summed E-state index contributed by atoms with van der Waals surface area (Å²) in [6, 6.07) is 34.7. The standard InChI is InChI=1S/C30H19BrOSi/c31-22-16-18-29-27(20-22)28-21-26(17-19-30(28)32-29)33(23-10-4-1-5-11-23,24-12-6-2-7-13-24)25-14-8-3-9-15-25/h1-2,4-8,10-21H. The van der Waals surface area contributed by atoms with Crippen molar-refractivity contribution in [3.63, 3.8) is 0 Å². The molecule has 6 rings (SSSR count). The Labute approximate surface area is 201 Å². The number of halogens is 1. The summed E-state index contributed by atoms with van der Waals surface area (Å²) in [5, 5.41) is 7.53. The fourth-order valence-electron chi connectivity index (χ4n) is 4.94. The average Bonchev–Trinajstić information content (AvgIpc) is 3.24. The summed E-state index contributed by atoms with van der Waals surface area (Å²) in [5.74, 6) is 0. The summed E-state index contributed by atoms with van der Waals surface area (Å²) in [5.41, 5.74) is 8.13. The Bertz CT molecular complexity index is 1590. The molecule has 0 atom stereocenters. The molecule has 0 radical (unpaired) electrons. The molecule has 1 aliphatic carbocycles. The number of benzene rings is 4. The normalized spacial score (nSPS) is 13.1. The zero-order valence-corrected chi connectivity index (χ0v) is 20.3. The third-order valence-corrected chi connectivity index (χ3v) is 11.6. The van der Waals surface area contributed by atoms with Crippen molar-refractivity contribution in [2.75, 3.05) is 0 Å². The van der Waals surface area contributed by atoms with E-state index in [0.717, 1.165) is 26.4 Å². The second-order valence-electron chi connectivity index (χ2n) is 8.16. The molecule has 0 aliphatic heterocycles. The van der Waals surface area contributed by atoms with Crippen LogP contribution < -0.4 is 15.6 Å². The molecular formula is C30H19BrOSi. The van der Waals surface area contributed by atoms with Gasteiger partial charge in [-0.1, -0.05) is 106 Å².